The molecule has 9 atom stereocenters. The Morgan fingerprint density at radius 2 is 0.932 bits per heavy atom. The van der Waals surface area contributed by atoms with Crippen molar-refractivity contribution in [3.8, 4) is 0 Å². The number of ether oxygens (including phenoxy) is 3. The van der Waals surface area contributed by atoms with Crippen molar-refractivity contribution in [3.05, 3.63) is 57.6 Å². The molecule has 59 heavy (non-hydrogen) atoms. The smallest absolute Gasteiger partial charge is 0.297 e. The summed E-state index contributed by atoms with van der Waals surface area (Å²) in [6.07, 6.45) is -15.2. The zero-order valence-corrected chi connectivity index (χ0v) is 37.8. The lowest BCUT2D eigenvalue weighted by atomic mass is 9.89. The summed E-state index contributed by atoms with van der Waals surface area (Å²) in [5.41, 5.74) is 4.06. The van der Waals surface area contributed by atoms with E-state index in [0.717, 1.165) is 11.1 Å². The molecule has 17 heteroatoms. The Morgan fingerprint density at radius 3 is 1.27 bits per heavy atom. The minimum Gasteiger partial charge on any atom is -0.391 e. The van der Waals surface area contributed by atoms with Crippen LogP contribution in [-0.2, 0) is 42.8 Å². The Morgan fingerprint density at radius 1 is 0.559 bits per heavy atom. The van der Waals surface area contributed by atoms with Gasteiger partial charge in [-0.15, -0.1) is 0 Å². The molecule has 4 rings (SSSR count). The van der Waals surface area contributed by atoms with Crippen LogP contribution in [0.3, 0.4) is 0 Å². The van der Waals surface area contributed by atoms with Crippen LogP contribution in [0.2, 0.25) is 0 Å². The fourth-order valence-corrected chi connectivity index (χ4v) is 10.6. The zero-order chi connectivity index (χ0) is 44.7. The molecule has 2 fully saturated rings. The molecule has 0 bridgehead atoms. The highest BCUT2D eigenvalue weighted by Crippen LogP contribution is 2.40. The van der Waals surface area contributed by atoms with Gasteiger partial charge in [0.1, 0.15) is 59.1 Å². The van der Waals surface area contributed by atoms with Gasteiger partial charge < -0.3 is 44.8 Å². The van der Waals surface area contributed by atoms with Gasteiger partial charge in [0, 0.05) is 0 Å². The van der Waals surface area contributed by atoms with Crippen molar-refractivity contribution >= 4 is 20.2 Å². The van der Waals surface area contributed by atoms with Crippen molar-refractivity contribution < 1.29 is 70.1 Å². The van der Waals surface area contributed by atoms with E-state index in [4.69, 9.17) is 22.6 Å². The summed E-state index contributed by atoms with van der Waals surface area (Å²) >= 11 is 0. The normalized spacial score (nSPS) is 28.3. The monoisotopic (exact) mass is 874 g/mol. The van der Waals surface area contributed by atoms with Crippen molar-refractivity contribution in [1.82, 2.24) is 0 Å². The molecule has 15 nitrogen and oxygen atoms in total. The van der Waals surface area contributed by atoms with Gasteiger partial charge >= 0.3 is 0 Å². The minimum absolute atomic E-state index is 0.0143. The van der Waals surface area contributed by atoms with Crippen LogP contribution in [-0.4, -0.2) is 122 Å². The number of aliphatic hydroxyl groups is 6. The first-order chi connectivity index (χ1) is 27.2. The highest BCUT2D eigenvalue weighted by atomic mass is 32.2. The van der Waals surface area contributed by atoms with Crippen LogP contribution < -0.4 is 0 Å². The summed E-state index contributed by atoms with van der Waals surface area (Å²) < 4.78 is 83.8. The molecule has 2 aliphatic rings. The number of hydrogen-bond acceptors (Lipinski definition) is 15. The maximum Gasteiger partial charge on any atom is 0.297 e. The molecule has 2 aromatic carbocycles. The van der Waals surface area contributed by atoms with Crippen molar-refractivity contribution in [2.45, 2.75) is 183 Å². The van der Waals surface area contributed by atoms with Crippen molar-refractivity contribution in [3.63, 3.8) is 0 Å². The fourth-order valence-electron chi connectivity index (χ4n) is 7.39. The molecule has 0 amide bonds. The topological polar surface area (TPSA) is 236 Å². The molecule has 6 N–H and O–H groups in total. The van der Waals surface area contributed by atoms with Crippen molar-refractivity contribution in [2.24, 2.45) is 0 Å². The average molecular weight is 875 g/mol. The largest absolute Gasteiger partial charge is 0.391 e. The van der Waals surface area contributed by atoms with Gasteiger partial charge in [-0.25, -0.2) is 0 Å². The van der Waals surface area contributed by atoms with E-state index in [1.165, 1.54) is 0 Å². The second-order valence-electron chi connectivity index (χ2n) is 17.7. The Bertz CT molecular complexity index is 1920. The fraction of sp³-hybridized carbons (Fsp3) is 0.714. The Kier molecular flexibility index (Phi) is 16.0. The molecule has 2 aliphatic heterocycles. The molecule has 2 heterocycles. The summed E-state index contributed by atoms with van der Waals surface area (Å²) in [5.74, 6) is -3.19. The standard InChI is InChI=1S/C42H66O15S2/c1-20(2)26-13-28(22(5)6)38(29(14-26)23(7)8)58(49,50)53-17-32-34(44)36(46)37(47)41(55-32)57-42(19-43)40(48)35(45)33(56-42)18-54-59(51,52)39-30(24(9)10)15-27(21(3)4)16-31(39)25(11)12/h13-16,20-25,32-37,40-41,43-48H,17-19H2,1-12H3/t32-,33-,34-,35-,36+,37-,40+,41-,42+/m1/s1. The van der Waals surface area contributed by atoms with Crippen LogP contribution in [0.5, 0.6) is 0 Å². The van der Waals surface area contributed by atoms with Gasteiger partial charge in [-0.05, 0) is 68.9 Å². The lowest BCUT2D eigenvalue weighted by Gasteiger charge is -2.43. The lowest BCUT2D eigenvalue weighted by molar-refractivity contribution is -0.383. The van der Waals surface area contributed by atoms with Gasteiger partial charge in [0.25, 0.3) is 20.2 Å². The maximum atomic E-state index is 13.9. The summed E-state index contributed by atoms with van der Waals surface area (Å²) in [6, 6.07) is 7.31. The summed E-state index contributed by atoms with van der Waals surface area (Å²) in [7, 11) is -9.03. The molecule has 0 spiro atoms. The van der Waals surface area contributed by atoms with E-state index in [2.05, 4.69) is 0 Å². The van der Waals surface area contributed by atoms with Gasteiger partial charge in [0.2, 0.25) is 5.79 Å². The number of aliphatic hydroxyl groups excluding tert-OH is 6. The second kappa shape index (κ2) is 19.1. The highest BCUT2D eigenvalue weighted by Gasteiger charge is 2.59. The lowest BCUT2D eigenvalue weighted by Crippen LogP contribution is -2.62. The highest BCUT2D eigenvalue weighted by molar-refractivity contribution is 7.87. The van der Waals surface area contributed by atoms with Crippen LogP contribution in [0.1, 0.15) is 152 Å². The van der Waals surface area contributed by atoms with Gasteiger partial charge in [-0.2, -0.15) is 16.8 Å². The number of hydrogen-bond donors (Lipinski definition) is 6. The average Bonchev–Trinajstić information content (AvgIpc) is 3.40. The molecule has 2 saturated heterocycles. The van der Waals surface area contributed by atoms with Gasteiger partial charge in [0.05, 0.1) is 13.2 Å². The van der Waals surface area contributed by atoms with E-state index >= 15 is 0 Å². The predicted molar refractivity (Wildman–Crippen MR) is 218 cm³/mol. The first-order valence-electron chi connectivity index (χ1n) is 20.4. The van der Waals surface area contributed by atoms with Crippen LogP contribution in [0.25, 0.3) is 0 Å². The van der Waals surface area contributed by atoms with E-state index in [0.29, 0.717) is 22.3 Å². The summed E-state index contributed by atoms with van der Waals surface area (Å²) in [4.78, 5) is -0.0374. The van der Waals surface area contributed by atoms with E-state index < -0.39 is 94.9 Å². The molecule has 0 saturated carbocycles. The van der Waals surface area contributed by atoms with Crippen LogP contribution in [0.15, 0.2) is 34.1 Å². The van der Waals surface area contributed by atoms with Crippen LogP contribution in [0.4, 0.5) is 0 Å². The molecule has 0 radical (unpaired) electrons. The third kappa shape index (κ3) is 10.4. The van der Waals surface area contributed by atoms with Crippen molar-refractivity contribution in [2.75, 3.05) is 19.8 Å². The molecule has 0 aliphatic carbocycles. The number of rotatable bonds is 17. The quantitative estimate of drug-likeness (QED) is 0.122. The van der Waals surface area contributed by atoms with Gasteiger partial charge in [-0.3, -0.25) is 8.37 Å². The summed E-state index contributed by atoms with van der Waals surface area (Å²) in [6.45, 7) is 20.0. The van der Waals surface area contributed by atoms with E-state index in [-0.39, 0.29) is 45.3 Å². The second-order valence-corrected chi connectivity index (χ2v) is 20.8. The molecule has 0 unspecified atom stereocenters. The zero-order valence-electron chi connectivity index (χ0n) is 36.2. The molecular weight excluding hydrogens is 809 g/mol. The predicted octanol–water partition coefficient (Wildman–Crippen LogP) is 4.17. The van der Waals surface area contributed by atoms with Crippen molar-refractivity contribution in [1.29, 1.82) is 0 Å². The first-order valence-corrected chi connectivity index (χ1v) is 23.2. The van der Waals surface area contributed by atoms with E-state index in [9.17, 15) is 47.5 Å². The van der Waals surface area contributed by atoms with E-state index in [1.54, 1.807) is 0 Å². The van der Waals surface area contributed by atoms with Crippen LogP contribution >= 0.6 is 0 Å². The third-order valence-corrected chi connectivity index (χ3v) is 14.0. The summed E-state index contributed by atoms with van der Waals surface area (Å²) in [5, 5.41) is 65.3. The SMILES string of the molecule is CC(C)c1cc(C(C)C)c(S(=O)(=O)OC[C@H]2O[C@@](CO)(O[C@H]3O[C@H](COS(=O)(=O)c4c(C(C)C)cc(C(C)C)cc4C(C)C)[C@@H](O)[C@H](O)[C@H]3O)[C@@H](O)[C@@H]2O)c(C(C)C)c1. The molecule has 2 aromatic rings. The Balaban J connectivity index is 1.57. The van der Waals surface area contributed by atoms with Gasteiger partial charge in [0.15, 0.2) is 6.29 Å². The molecular formula is C42H66O15S2. The third-order valence-electron chi connectivity index (χ3n) is 11.1. The molecule has 0 aromatic heterocycles. The number of benzene rings is 2. The van der Waals surface area contributed by atoms with Gasteiger partial charge in [-0.1, -0.05) is 107 Å². The van der Waals surface area contributed by atoms with Crippen LogP contribution in [0, 0.1) is 0 Å². The Labute approximate surface area is 349 Å². The first kappa shape index (κ1) is 49.6. The molecule has 336 valence electrons. The Hall–Kier alpha value is -2.10. The minimum atomic E-state index is -4.52. The van der Waals surface area contributed by atoms with E-state index in [1.807, 2.05) is 107 Å². The maximum absolute atomic E-state index is 13.9.